The van der Waals surface area contributed by atoms with Crippen LogP contribution in [0.25, 0.3) is 0 Å². The second-order valence-electron chi connectivity index (χ2n) is 5.08. The van der Waals surface area contributed by atoms with E-state index in [4.69, 9.17) is 10.5 Å². The Labute approximate surface area is 128 Å². The summed E-state index contributed by atoms with van der Waals surface area (Å²) in [5.41, 5.74) is 7.14. The second-order valence-corrected chi connectivity index (χ2v) is 5.08. The van der Waals surface area contributed by atoms with Crippen molar-refractivity contribution in [2.24, 2.45) is 10.7 Å². The highest BCUT2D eigenvalue weighted by Crippen LogP contribution is 1.97. The Kier molecular flexibility index (Phi) is 9.24. The topological polar surface area (TPSA) is 62.9 Å². The summed E-state index contributed by atoms with van der Waals surface area (Å²) >= 11 is 0. The van der Waals surface area contributed by atoms with Crippen molar-refractivity contribution in [3.05, 3.63) is 35.9 Å². The van der Waals surface area contributed by atoms with Gasteiger partial charge in [0.15, 0.2) is 5.96 Å². The van der Waals surface area contributed by atoms with Crippen LogP contribution in [0.2, 0.25) is 0 Å². The largest absolute Gasteiger partial charge is 0.383 e. The van der Waals surface area contributed by atoms with E-state index in [-0.39, 0.29) is 0 Å². The van der Waals surface area contributed by atoms with Crippen molar-refractivity contribution < 1.29 is 4.74 Å². The molecule has 1 aromatic carbocycles. The Morgan fingerprint density at radius 3 is 2.76 bits per heavy atom. The third kappa shape index (κ3) is 9.05. The van der Waals surface area contributed by atoms with Crippen molar-refractivity contribution in [1.29, 1.82) is 0 Å². The molecule has 0 saturated carbocycles. The maximum atomic E-state index is 5.84. The predicted molar refractivity (Wildman–Crippen MR) is 88.6 cm³/mol. The van der Waals surface area contributed by atoms with Gasteiger partial charge in [0.2, 0.25) is 0 Å². The number of nitrogens with one attached hydrogen (secondary N) is 1. The molecule has 1 rings (SSSR count). The van der Waals surface area contributed by atoms with Crippen LogP contribution in [0.3, 0.4) is 0 Å². The quantitative estimate of drug-likeness (QED) is 0.385. The summed E-state index contributed by atoms with van der Waals surface area (Å²) in [4.78, 5) is 6.57. The SMILES string of the molecule is COCCN(C)CCCN=C(N)NCCc1ccccc1. The molecule has 0 aliphatic heterocycles. The third-order valence-corrected chi connectivity index (χ3v) is 3.22. The molecule has 5 heteroatoms. The van der Waals surface area contributed by atoms with Crippen LogP contribution >= 0.6 is 0 Å². The standard InChI is InChI=1S/C16H28N4O/c1-20(13-14-21-2)12-6-10-18-16(17)19-11-9-15-7-4-3-5-8-15/h3-5,7-8H,6,9-14H2,1-2H3,(H3,17,18,19). The number of guanidine groups is 1. The summed E-state index contributed by atoms with van der Waals surface area (Å²) in [6.07, 6.45) is 1.96. The molecule has 0 unspecified atom stereocenters. The summed E-state index contributed by atoms with van der Waals surface area (Å²) in [6, 6.07) is 10.4. The minimum absolute atomic E-state index is 0.533. The molecule has 3 N–H and O–H groups in total. The lowest BCUT2D eigenvalue weighted by Crippen LogP contribution is -2.33. The van der Waals surface area contributed by atoms with Gasteiger partial charge in [0.05, 0.1) is 6.61 Å². The van der Waals surface area contributed by atoms with Gasteiger partial charge >= 0.3 is 0 Å². The molecule has 21 heavy (non-hydrogen) atoms. The highest BCUT2D eigenvalue weighted by Gasteiger charge is 1.97. The Hall–Kier alpha value is -1.59. The van der Waals surface area contributed by atoms with Crippen molar-refractivity contribution in [2.75, 3.05) is 46.9 Å². The maximum absolute atomic E-state index is 5.84. The van der Waals surface area contributed by atoms with Crippen molar-refractivity contribution in [3.8, 4) is 0 Å². The summed E-state index contributed by atoms with van der Waals surface area (Å²) < 4.78 is 5.04. The number of nitrogens with two attached hydrogens (primary N) is 1. The number of benzene rings is 1. The molecule has 5 nitrogen and oxygen atoms in total. The fourth-order valence-electron chi connectivity index (χ4n) is 1.93. The average molecular weight is 292 g/mol. The van der Waals surface area contributed by atoms with Gasteiger partial charge in [-0.15, -0.1) is 0 Å². The van der Waals surface area contributed by atoms with Crippen molar-refractivity contribution in [2.45, 2.75) is 12.8 Å². The first kappa shape index (κ1) is 17.5. The summed E-state index contributed by atoms with van der Waals surface area (Å²) in [6.45, 7) is 4.28. The highest BCUT2D eigenvalue weighted by molar-refractivity contribution is 5.77. The first-order valence-corrected chi connectivity index (χ1v) is 7.47. The van der Waals surface area contributed by atoms with Crippen LogP contribution in [0.1, 0.15) is 12.0 Å². The number of rotatable bonds is 10. The van der Waals surface area contributed by atoms with Crippen LogP contribution < -0.4 is 11.1 Å². The van der Waals surface area contributed by atoms with E-state index in [1.807, 2.05) is 18.2 Å². The molecule has 0 atom stereocenters. The number of ether oxygens (including phenoxy) is 1. The first-order chi connectivity index (χ1) is 10.2. The minimum Gasteiger partial charge on any atom is -0.383 e. The Bertz CT molecular complexity index is 395. The second kappa shape index (κ2) is 11.1. The lowest BCUT2D eigenvalue weighted by Gasteiger charge is -2.14. The summed E-state index contributed by atoms with van der Waals surface area (Å²) in [5.74, 6) is 0.533. The van der Waals surface area contributed by atoms with E-state index >= 15 is 0 Å². The van der Waals surface area contributed by atoms with Crippen LogP contribution in [0.4, 0.5) is 0 Å². The van der Waals surface area contributed by atoms with Gasteiger partial charge in [-0.25, -0.2) is 0 Å². The zero-order valence-electron chi connectivity index (χ0n) is 13.2. The van der Waals surface area contributed by atoms with Crippen LogP contribution in [-0.2, 0) is 11.2 Å². The smallest absolute Gasteiger partial charge is 0.188 e. The Balaban J connectivity index is 2.07. The van der Waals surface area contributed by atoms with Gasteiger partial charge in [0, 0.05) is 26.7 Å². The monoisotopic (exact) mass is 292 g/mol. The first-order valence-electron chi connectivity index (χ1n) is 7.47. The lowest BCUT2D eigenvalue weighted by molar-refractivity contribution is 0.161. The number of likely N-dealkylation sites (N-methyl/N-ethyl adjacent to an activating group) is 1. The normalized spacial score (nSPS) is 11.9. The van der Waals surface area contributed by atoms with Crippen molar-refractivity contribution in [1.82, 2.24) is 10.2 Å². The zero-order chi connectivity index (χ0) is 15.3. The molecule has 0 radical (unpaired) electrons. The van der Waals surface area contributed by atoms with Crippen LogP contribution in [-0.4, -0.2) is 57.8 Å². The molecule has 0 spiro atoms. The minimum atomic E-state index is 0.533. The van der Waals surface area contributed by atoms with E-state index in [1.165, 1.54) is 5.56 Å². The van der Waals surface area contributed by atoms with Crippen LogP contribution in [0, 0.1) is 0 Å². The molecule has 118 valence electrons. The number of methoxy groups -OCH3 is 1. The highest BCUT2D eigenvalue weighted by atomic mass is 16.5. The molecule has 0 saturated heterocycles. The van der Waals surface area contributed by atoms with E-state index < -0.39 is 0 Å². The molecule has 0 amide bonds. The van der Waals surface area contributed by atoms with Gasteiger partial charge in [-0.1, -0.05) is 30.3 Å². The van der Waals surface area contributed by atoms with Gasteiger partial charge in [-0.3, -0.25) is 4.99 Å². The number of hydrogen-bond acceptors (Lipinski definition) is 3. The lowest BCUT2D eigenvalue weighted by atomic mass is 10.1. The van der Waals surface area contributed by atoms with Gasteiger partial charge in [0.1, 0.15) is 0 Å². The maximum Gasteiger partial charge on any atom is 0.188 e. The Morgan fingerprint density at radius 1 is 1.29 bits per heavy atom. The molecular weight excluding hydrogens is 264 g/mol. The average Bonchev–Trinajstić information content (AvgIpc) is 2.50. The molecule has 1 aromatic rings. The van der Waals surface area contributed by atoms with E-state index in [0.717, 1.165) is 45.6 Å². The fraction of sp³-hybridized carbons (Fsp3) is 0.562. The molecule has 0 fully saturated rings. The number of aliphatic imine (C=N–C) groups is 1. The zero-order valence-corrected chi connectivity index (χ0v) is 13.2. The van der Waals surface area contributed by atoms with Crippen LogP contribution in [0.5, 0.6) is 0 Å². The van der Waals surface area contributed by atoms with Gasteiger partial charge in [-0.05, 0) is 32.0 Å². The van der Waals surface area contributed by atoms with Crippen molar-refractivity contribution >= 4 is 5.96 Å². The molecule has 0 aliphatic rings. The summed E-state index contributed by atoms with van der Waals surface area (Å²) in [5, 5.41) is 3.15. The van der Waals surface area contributed by atoms with E-state index in [1.54, 1.807) is 7.11 Å². The van der Waals surface area contributed by atoms with E-state index in [2.05, 4.69) is 34.4 Å². The third-order valence-electron chi connectivity index (χ3n) is 3.22. The Morgan fingerprint density at radius 2 is 2.05 bits per heavy atom. The van der Waals surface area contributed by atoms with Crippen LogP contribution in [0.15, 0.2) is 35.3 Å². The van der Waals surface area contributed by atoms with Gasteiger partial charge in [0.25, 0.3) is 0 Å². The fourth-order valence-corrected chi connectivity index (χ4v) is 1.93. The van der Waals surface area contributed by atoms with Crippen molar-refractivity contribution in [3.63, 3.8) is 0 Å². The van der Waals surface area contributed by atoms with Gasteiger partial charge < -0.3 is 20.7 Å². The molecule has 0 aliphatic carbocycles. The summed E-state index contributed by atoms with van der Waals surface area (Å²) in [7, 11) is 3.81. The predicted octanol–water partition coefficient (Wildman–Crippen LogP) is 1.10. The number of nitrogens with zero attached hydrogens (tertiary/aromatic N) is 2. The van der Waals surface area contributed by atoms with Gasteiger partial charge in [-0.2, -0.15) is 0 Å². The molecular formula is C16H28N4O. The van der Waals surface area contributed by atoms with E-state index in [9.17, 15) is 0 Å². The molecule has 0 heterocycles. The number of hydrogen-bond donors (Lipinski definition) is 2. The van der Waals surface area contributed by atoms with E-state index in [0.29, 0.717) is 5.96 Å². The molecule has 0 bridgehead atoms. The molecule has 0 aromatic heterocycles.